The van der Waals surface area contributed by atoms with Crippen LogP contribution in [0, 0.1) is 0 Å². The van der Waals surface area contributed by atoms with E-state index < -0.39 is 5.60 Å². The smallest absolute Gasteiger partial charge is 0.252 e. The second-order valence-electron chi connectivity index (χ2n) is 6.38. The zero-order chi connectivity index (χ0) is 16.3. The maximum Gasteiger partial charge on any atom is 0.252 e. The minimum atomic E-state index is -0.729. The summed E-state index contributed by atoms with van der Waals surface area (Å²) in [5.74, 6) is 1.09. The van der Waals surface area contributed by atoms with Gasteiger partial charge in [0, 0.05) is 65.4 Å². The van der Waals surface area contributed by atoms with Crippen molar-refractivity contribution in [2.24, 2.45) is 7.05 Å². The Morgan fingerprint density at radius 3 is 2.91 bits per heavy atom. The van der Waals surface area contributed by atoms with Crippen molar-refractivity contribution >= 4 is 11.7 Å². The van der Waals surface area contributed by atoms with Gasteiger partial charge in [-0.1, -0.05) is 0 Å². The van der Waals surface area contributed by atoms with E-state index >= 15 is 0 Å². The molecule has 2 aliphatic rings. The standard InChI is InChI=1S/C16H26N4O3/c1-19-14(5-8-17-19)20-9-3-4-13(12-20)18-15(21)16(22-2)6-10-23-11-7-16/h5,8,13H,3-4,6-7,9-12H2,1-2H3,(H,18,21). The highest BCUT2D eigenvalue weighted by atomic mass is 16.5. The van der Waals surface area contributed by atoms with Gasteiger partial charge in [-0.15, -0.1) is 0 Å². The minimum Gasteiger partial charge on any atom is -0.381 e. The number of nitrogens with zero attached hydrogens (tertiary/aromatic N) is 3. The third kappa shape index (κ3) is 3.35. The molecule has 1 atom stereocenters. The van der Waals surface area contributed by atoms with Crippen LogP contribution in [-0.4, -0.2) is 60.7 Å². The van der Waals surface area contributed by atoms with Crippen LogP contribution < -0.4 is 10.2 Å². The van der Waals surface area contributed by atoms with Crippen LogP contribution in [0.5, 0.6) is 0 Å². The fourth-order valence-corrected chi connectivity index (χ4v) is 3.52. The molecule has 2 fully saturated rings. The van der Waals surface area contributed by atoms with E-state index in [-0.39, 0.29) is 11.9 Å². The minimum absolute atomic E-state index is 0.000145. The van der Waals surface area contributed by atoms with Crippen LogP contribution in [0.25, 0.3) is 0 Å². The molecule has 0 saturated carbocycles. The number of rotatable bonds is 4. The third-order valence-electron chi connectivity index (χ3n) is 4.98. The monoisotopic (exact) mass is 322 g/mol. The zero-order valence-corrected chi connectivity index (χ0v) is 14.0. The molecule has 2 aliphatic heterocycles. The normalized spacial score (nSPS) is 24.4. The van der Waals surface area contributed by atoms with Crippen molar-refractivity contribution in [3.05, 3.63) is 12.3 Å². The van der Waals surface area contributed by atoms with Crippen molar-refractivity contribution in [3.63, 3.8) is 0 Å². The molecule has 3 rings (SSSR count). The van der Waals surface area contributed by atoms with Gasteiger partial charge in [0.25, 0.3) is 5.91 Å². The molecule has 1 aromatic heterocycles. The Kier molecular flexibility index (Phi) is 4.87. The zero-order valence-electron chi connectivity index (χ0n) is 14.0. The van der Waals surface area contributed by atoms with Gasteiger partial charge < -0.3 is 19.7 Å². The first-order chi connectivity index (χ1) is 11.1. The number of hydrogen-bond donors (Lipinski definition) is 1. The fourth-order valence-electron chi connectivity index (χ4n) is 3.52. The van der Waals surface area contributed by atoms with Crippen LogP contribution in [0.1, 0.15) is 25.7 Å². The van der Waals surface area contributed by atoms with Crippen LogP contribution in [0.15, 0.2) is 12.3 Å². The Hall–Kier alpha value is -1.60. The van der Waals surface area contributed by atoms with E-state index in [0.717, 1.165) is 31.7 Å². The maximum atomic E-state index is 12.8. The highest BCUT2D eigenvalue weighted by Crippen LogP contribution is 2.26. The largest absolute Gasteiger partial charge is 0.381 e. The quantitative estimate of drug-likeness (QED) is 0.884. The number of aromatic nitrogens is 2. The van der Waals surface area contributed by atoms with Gasteiger partial charge in [0.2, 0.25) is 0 Å². The topological polar surface area (TPSA) is 68.6 Å². The van der Waals surface area contributed by atoms with Crippen molar-refractivity contribution in [1.29, 1.82) is 0 Å². The van der Waals surface area contributed by atoms with E-state index in [9.17, 15) is 4.79 Å². The highest BCUT2D eigenvalue weighted by molar-refractivity contribution is 5.85. The van der Waals surface area contributed by atoms with Gasteiger partial charge in [-0.25, -0.2) is 0 Å². The third-order valence-corrected chi connectivity index (χ3v) is 4.98. The lowest BCUT2D eigenvalue weighted by Gasteiger charge is -2.38. The summed E-state index contributed by atoms with van der Waals surface area (Å²) < 4.78 is 12.8. The fraction of sp³-hybridized carbons (Fsp3) is 0.750. The first-order valence-corrected chi connectivity index (χ1v) is 8.31. The van der Waals surface area contributed by atoms with Crippen molar-refractivity contribution in [1.82, 2.24) is 15.1 Å². The Labute approximate surface area is 136 Å². The summed E-state index contributed by atoms with van der Waals surface area (Å²) in [6, 6.07) is 2.15. The number of aryl methyl sites for hydroxylation is 1. The van der Waals surface area contributed by atoms with Crippen molar-refractivity contribution in [2.45, 2.75) is 37.3 Å². The molecule has 3 heterocycles. The second-order valence-corrected chi connectivity index (χ2v) is 6.38. The number of piperidine rings is 1. The Bertz CT molecular complexity index is 539. The lowest BCUT2D eigenvalue weighted by atomic mass is 9.92. The molecule has 1 unspecified atom stereocenters. The van der Waals surface area contributed by atoms with Gasteiger partial charge >= 0.3 is 0 Å². The SMILES string of the molecule is COC1(C(=O)NC2CCCN(c3ccnn3C)C2)CCOCC1. The van der Waals surface area contributed by atoms with Crippen LogP contribution in [0.3, 0.4) is 0 Å². The summed E-state index contributed by atoms with van der Waals surface area (Å²) in [7, 11) is 3.56. The van der Waals surface area contributed by atoms with E-state index in [1.165, 1.54) is 0 Å². The number of ether oxygens (including phenoxy) is 2. The van der Waals surface area contributed by atoms with Gasteiger partial charge in [-0.2, -0.15) is 5.10 Å². The molecule has 2 saturated heterocycles. The molecule has 0 aromatic carbocycles. The van der Waals surface area contributed by atoms with Crippen LogP contribution in [0.2, 0.25) is 0 Å². The van der Waals surface area contributed by atoms with E-state index in [0.29, 0.717) is 26.1 Å². The summed E-state index contributed by atoms with van der Waals surface area (Å²) >= 11 is 0. The molecule has 0 bridgehead atoms. The number of nitrogens with one attached hydrogen (secondary N) is 1. The average Bonchev–Trinajstić information content (AvgIpc) is 3.01. The molecular formula is C16H26N4O3. The highest BCUT2D eigenvalue weighted by Gasteiger charge is 2.41. The molecule has 23 heavy (non-hydrogen) atoms. The van der Waals surface area contributed by atoms with Gasteiger partial charge in [0.05, 0.1) is 6.20 Å². The van der Waals surface area contributed by atoms with Crippen LogP contribution in [0.4, 0.5) is 5.82 Å². The Morgan fingerprint density at radius 1 is 1.48 bits per heavy atom. The molecule has 0 radical (unpaired) electrons. The second kappa shape index (κ2) is 6.88. The molecule has 7 heteroatoms. The molecule has 7 nitrogen and oxygen atoms in total. The lowest BCUT2D eigenvalue weighted by Crippen LogP contribution is -2.57. The van der Waals surface area contributed by atoms with E-state index in [1.54, 1.807) is 13.3 Å². The van der Waals surface area contributed by atoms with Crippen molar-refractivity contribution < 1.29 is 14.3 Å². The molecular weight excluding hydrogens is 296 g/mol. The van der Waals surface area contributed by atoms with Crippen LogP contribution in [-0.2, 0) is 21.3 Å². The first kappa shape index (κ1) is 16.3. The summed E-state index contributed by atoms with van der Waals surface area (Å²) in [5.41, 5.74) is -0.729. The van der Waals surface area contributed by atoms with Gasteiger partial charge in [0.15, 0.2) is 5.60 Å². The molecule has 1 aromatic rings. The summed E-state index contributed by atoms with van der Waals surface area (Å²) in [4.78, 5) is 15.0. The van der Waals surface area contributed by atoms with E-state index in [4.69, 9.17) is 9.47 Å². The van der Waals surface area contributed by atoms with Gasteiger partial charge in [-0.3, -0.25) is 9.48 Å². The summed E-state index contributed by atoms with van der Waals surface area (Å²) in [6.07, 6.45) is 5.09. The molecule has 0 spiro atoms. The summed E-state index contributed by atoms with van der Waals surface area (Å²) in [5, 5.41) is 7.43. The predicted molar refractivity (Wildman–Crippen MR) is 86.4 cm³/mol. The number of carbonyl (C=O) groups is 1. The number of carbonyl (C=O) groups excluding carboxylic acids is 1. The van der Waals surface area contributed by atoms with Crippen molar-refractivity contribution in [2.75, 3.05) is 38.3 Å². The number of hydrogen-bond acceptors (Lipinski definition) is 5. The van der Waals surface area contributed by atoms with E-state index in [1.807, 2.05) is 17.8 Å². The average molecular weight is 322 g/mol. The Balaban J connectivity index is 1.63. The summed E-state index contributed by atoms with van der Waals surface area (Å²) in [6.45, 7) is 2.96. The molecule has 1 N–H and O–H groups in total. The Morgan fingerprint density at radius 2 is 2.26 bits per heavy atom. The van der Waals surface area contributed by atoms with Crippen LogP contribution >= 0.6 is 0 Å². The molecule has 0 aliphatic carbocycles. The van der Waals surface area contributed by atoms with Gasteiger partial charge in [0.1, 0.15) is 5.82 Å². The lowest BCUT2D eigenvalue weighted by molar-refractivity contribution is -0.155. The van der Waals surface area contributed by atoms with E-state index in [2.05, 4.69) is 15.3 Å². The molecule has 128 valence electrons. The maximum absolute atomic E-state index is 12.8. The molecule has 1 amide bonds. The number of methoxy groups -OCH3 is 1. The van der Waals surface area contributed by atoms with Crippen molar-refractivity contribution in [3.8, 4) is 0 Å². The first-order valence-electron chi connectivity index (χ1n) is 8.31. The predicted octanol–water partition coefficient (Wildman–Crippen LogP) is 0.701. The number of amides is 1. The number of anilines is 1. The van der Waals surface area contributed by atoms with Gasteiger partial charge in [-0.05, 0) is 12.8 Å².